The standard InChI is InChI=1S/C10H12N4O3/c1-6-7(4-11-13(6)2)5-14-9(16)3-8(15)12-10(14)17/h3-4,16H,5H2,1-2H3,(H,12,15,17). The molecule has 0 radical (unpaired) electrons. The van der Waals surface area contributed by atoms with E-state index in [0.29, 0.717) is 0 Å². The third-order valence-electron chi connectivity index (χ3n) is 2.68. The summed E-state index contributed by atoms with van der Waals surface area (Å²) >= 11 is 0. The lowest BCUT2D eigenvalue weighted by Gasteiger charge is -2.06. The number of aryl methyl sites for hydroxylation is 1. The second-order valence-corrected chi connectivity index (χ2v) is 3.76. The van der Waals surface area contributed by atoms with Crippen molar-refractivity contribution < 1.29 is 5.11 Å². The van der Waals surface area contributed by atoms with E-state index in [1.165, 1.54) is 0 Å². The third-order valence-corrected chi connectivity index (χ3v) is 2.68. The van der Waals surface area contributed by atoms with Crippen LogP contribution in [-0.2, 0) is 13.6 Å². The second-order valence-electron chi connectivity index (χ2n) is 3.76. The Bertz CT molecular complexity index is 665. The normalized spacial score (nSPS) is 10.7. The van der Waals surface area contributed by atoms with Gasteiger partial charge in [-0.3, -0.25) is 19.0 Å². The van der Waals surface area contributed by atoms with Gasteiger partial charge in [0.2, 0.25) is 5.88 Å². The molecule has 2 heterocycles. The van der Waals surface area contributed by atoms with Crippen LogP contribution in [-0.4, -0.2) is 24.4 Å². The topological polar surface area (TPSA) is 92.9 Å². The van der Waals surface area contributed by atoms with Gasteiger partial charge in [-0.1, -0.05) is 0 Å². The first-order valence-corrected chi connectivity index (χ1v) is 4.99. The van der Waals surface area contributed by atoms with Gasteiger partial charge in [-0.05, 0) is 6.92 Å². The Morgan fingerprint density at radius 2 is 2.18 bits per heavy atom. The van der Waals surface area contributed by atoms with Crippen LogP contribution in [0.5, 0.6) is 5.88 Å². The van der Waals surface area contributed by atoms with Crippen LogP contribution in [0.3, 0.4) is 0 Å². The molecule has 7 heteroatoms. The van der Waals surface area contributed by atoms with Gasteiger partial charge in [-0.2, -0.15) is 5.10 Å². The average molecular weight is 236 g/mol. The van der Waals surface area contributed by atoms with Gasteiger partial charge in [-0.15, -0.1) is 0 Å². The molecule has 2 aromatic rings. The van der Waals surface area contributed by atoms with E-state index in [-0.39, 0.29) is 12.4 Å². The zero-order valence-electron chi connectivity index (χ0n) is 9.47. The number of nitrogens with zero attached hydrogens (tertiary/aromatic N) is 3. The van der Waals surface area contributed by atoms with Crippen molar-refractivity contribution in [1.29, 1.82) is 0 Å². The maximum absolute atomic E-state index is 11.5. The second kappa shape index (κ2) is 3.93. The summed E-state index contributed by atoms with van der Waals surface area (Å²) in [4.78, 5) is 24.5. The number of aromatic nitrogens is 4. The Hall–Kier alpha value is -2.31. The highest BCUT2D eigenvalue weighted by Crippen LogP contribution is 2.10. The van der Waals surface area contributed by atoms with Crippen molar-refractivity contribution in [3.63, 3.8) is 0 Å². The maximum atomic E-state index is 11.5. The number of nitrogens with one attached hydrogen (secondary N) is 1. The summed E-state index contributed by atoms with van der Waals surface area (Å²) in [5, 5.41) is 13.6. The van der Waals surface area contributed by atoms with E-state index >= 15 is 0 Å². The highest BCUT2D eigenvalue weighted by Gasteiger charge is 2.09. The molecule has 0 aliphatic carbocycles. The summed E-state index contributed by atoms with van der Waals surface area (Å²) in [5.74, 6) is -0.359. The molecule has 17 heavy (non-hydrogen) atoms. The molecular weight excluding hydrogens is 224 g/mol. The monoisotopic (exact) mass is 236 g/mol. The van der Waals surface area contributed by atoms with Crippen LogP contribution in [0.25, 0.3) is 0 Å². The van der Waals surface area contributed by atoms with Gasteiger partial charge in [0.25, 0.3) is 5.56 Å². The van der Waals surface area contributed by atoms with E-state index in [2.05, 4.69) is 10.1 Å². The lowest BCUT2D eigenvalue weighted by Crippen LogP contribution is -2.29. The highest BCUT2D eigenvalue weighted by atomic mass is 16.3. The lowest BCUT2D eigenvalue weighted by molar-refractivity contribution is 0.409. The number of aromatic amines is 1. The fourth-order valence-corrected chi connectivity index (χ4v) is 1.53. The van der Waals surface area contributed by atoms with Crippen LogP contribution >= 0.6 is 0 Å². The minimum Gasteiger partial charge on any atom is -0.494 e. The number of rotatable bonds is 2. The van der Waals surface area contributed by atoms with Gasteiger partial charge in [0, 0.05) is 18.3 Å². The van der Waals surface area contributed by atoms with Crippen molar-refractivity contribution >= 4 is 0 Å². The first-order chi connectivity index (χ1) is 7.99. The molecule has 90 valence electrons. The van der Waals surface area contributed by atoms with Gasteiger partial charge >= 0.3 is 5.69 Å². The molecule has 2 aromatic heterocycles. The molecule has 0 amide bonds. The molecule has 2 N–H and O–H groups in total. The lowest BCUT2D eigenvalue weighted by atomic mass is 10.2. The molecular formula is C10H12N4O3. The van der Waals surface area contributed by atoms with Gasteiger partial charge in [0.15, 0.2) is 0 Å². The summed E-state index contributed by atoms with van der Waals surface area (Å²) in [6.45, 7) is 2.03. The molecule has 2 rings (SSSR count). The maximum Gasteiger partial charge on any atom is 0.331 e. The molecule has 0 fully saturated rings. The summed E-state index contributed by atoms with van der Waals surface area (Å²) in [6.07, 6.45) is 1.62. The van der Waals surface area contributed by atoms with Crippen LogP contribution in [0.1, 0.15) is 11.3 Å². The first kappa shape index (κ1) is 11.2. The molecule has 0 saturated heterocycles. The van der Waals surface area contributed by atoms with Gasteiger partial charge in [0.1, 0.15) is 0 Å². The predicted octanol–water partition coefficient (Wildman–Crippen LogP) is -0.668. The minimum absolute atomic E-state index is 0.168. The SMILES string of the molecule is Cc1c(Cn2c(O)cc(=O)[nH]c2=O)cnn1C. The van der Waals surface area contributed by atoms with Crippen molar-refractivity contribution in [2.45, 2.75) is 13.5 Å². The molecule has 0 aliphatic rings. The van der Waals surface area contributed by atoms with Crippen molar-refractivity contribution in [1.82, 2.24) is 19.3 Å². The molecule has 0 unspecified atom stereocenters. The van der Waals surface area contributed by atoms with Crippen LogP contribution in [0.4, 0.5) is 0 Å². The number of hydrogen-bond acceptors (Lipinski definition) is 4. The summed E-state index contributed by atoms with van der Waals surface area (Å²) in [7, 11) is 1.79. The smallest absolute Gasteiger partial charge is 0.331 e. The number of aromatic hydroxyl groups is 1. The van der Waals surface area contributed by atoms with Gasteiger partial charge < -0.3 is 5.11 Å². The quantitative estimate of drug-likeness (QED) is 0.723. The van der Waals surface area contributed by atoms with E-state index in [9.17, 15) is 14.7 Å². The first-order valence-electron chi connectivity index (χ1n) is 4.99. The van der Waals surface area contributed by atoms with E-state index in [4.69, 9.17) is 0 Å². The molecule has 7 nitrogen and oxygen atoms in total. The zero-order valence-corrected chi connectivity index (χ0v) is 9.47. The van der Waals surface area contributed by atoms with Crippen LogP contribution < -0.4 is 11.2 Å². The van der Waals surface area contributed by atoms with Crippen LogP contribution in [0.15, 0.2) is 21.9 Å². The number of hydrogen-bond donors (Lipinski definition) is 2. The Morgan fingerprint density at radius 1 is 1.47 bits per heavy atom. The fraction of sp³-hybridized carbons (Fsp3) is 0.300. The van der Waals surface area contributed by atoms with E-state index < -0.39 is 11.2 Å². The largest absolute Gasteiger partial charge is 0.494 e. The average Bonchev–Trinajstić information content (AvgIpc) is 2.54. The third kappa shape index (κ3) is 1.99. The van der Waals surface area contributed by atoms with Crippen LogP contribution in [0, 0.1) is 6.92 Å². The van der Waals surface area contributed by atoms with Gasteiger partial charge in [-0.25, -0.2) is 4.79 Å². The van der Waals surface area contributed by atoms with E-state index in [1.54, 1.807) is 17.9 Å². The number of H-pyrrole nitrogens is 1. The Kier molecular flexibility index (Phi) is 2.58. The van der Waals surface area contributed by atoms with E-state index in [1.807, 2.05) is 6.92 Å². The summed E-state index contributed by atoms with van der Waals surface area (Å²) in [5.41, 5.74) is 0.435. The van der Waals surface area contributed by atoms with Crippen LogP contribution in [0.2, 0.25) is 0 Å². The molecule has 0 saturated carbocycles. The van der Waals surface area contributed by atoms with Crippen molar-refractivity contribution in [3.8, 4) is 5.88 Å². The summed E-state index contributed by atoms with van der Waals surface area (Å²) in [6, 6.07) is 0.965. The van der Waals surface area contributed by atoms with Crippen molar-refractivity contribution in [3.05, 3.63) is 44.4 Å². The zero-order chi connectivity index (χ0) is 12.6. The molecule has 0 bridgehead atoms. The molecule has 0 atom stereocenters. The Labute approximate surface area is 96.0 Å². The Morgan fingerprint density at radius 3 is 2.71 bits per heavy atom. The Balaban J connectivity index is 2.47. The minimum atomic E-state index is -0.641. The summed E-state index contributed by atoms with van der Waals surface area (Å²) < 4.78 is 2.74. The highest BCUT2D eigenvalue weighted by molar-refractivity contribution is 5.18. The predicted molar refractivity (Wildman–Crippen MR) is 60.0 cm³/mol. The molecule has 0 aliphatic heterocycles. The molecule has 0 spiro atoms. The fourth-order valence-electron chi connectivity index (χ4n) is 1.53. The van der Waals surface area contributed by atoms with Gasteiger partial charge in [0.05, 0.1) is 18.8 Å². The molecule has 0 aromatic carbocycles. The van der Waals surface area contributed by atoms with Crippen molar-refractivity contribution in [2.24, 2.45) is 7.05 Å². The van der Waals surface area contributed by atoms with Crippen molar-refractivity contribution in [2.75, 3.05) is 0 Å². The van der Waals surface area contributed by atoms with E-state index in [0.717, 1.165) is 21.9 Å².